The molecule has 1 N–H and O–H groups in total. The van der Waals surface area contributed by atoms with E-state index in [2.05, 4.69) is 9.82 Å². The molecule has 38 heavy (non-hydrogen) atoms. The van der Waals surface area contributed by atoms with Crippen molar-refractivity contribution >= 4 is 33.2 Å². The van der Waals surface area contributed by atoms with E-state index in [9.17, 15) is 23.3 Å². The Kier molecular flexibility index (Phi) is 9.13. The Balaban J connectivity index is 2.22. The highest BCUT2D eigenvalue weighted by molar-refractivity contribution is 7.89. The second-order valence-corrected chi connectivity index (χ2v) is 10.9. The van der Waals surface area contributed by atoms with Gasteiger partial charge in [-0.25, -0.2) is 13.1 Å². The summed E-state index contributed by atoms with van der Waals surface area (Å²) in [4.78, 5) is 25.0. The standard InChI is InChI=1S/C25H30ClN5O6S/c1-6-13-29(5)24(32)23-17(4)25(30(27-23)19-10-8-9-18(26)14-19)37-21-12-11-20(31(33)34)15-22(21)38(35,36)28-16(3)7-2/h8-12,14-16,28H,6-7,13H2,1-5H3/t16-/m1/s1. The number of hydrogen-bond donors (Lipinski definition) is 1. The average Bonchev–Trinajstić information content (AvgIpc) is 3.19. The normalized spacial score (nSPS) is 12.3. The van der Waals surface area contributed by atoms with Gasteiger partial charge in [0.2, 0.25) is 15.9 Å². The van der Waals surface area contributed by atoms with Crippen molar-refractivity contribution in [1.82, 2.24) is 19.4 Å². The molecule has 0 bridgehead atoms. The fourth-order valence-corrected chi connectivity index (χ4v) is 5.28. The minimum Gasteiger partial charge on any atom is -0.437 e. The Morgan fingerprint density at radius 3 is 2.58 bits per heavy atom. The van der Waals surface area contributed by atoms with Crippen molar-refractivity contribution in [3.05, 3.63) is 68.9 Å². The second kappa shape index (κ2) is 11.9. The zero-order chi connectivity index (χ0) is 28.2. The summed E-state index contributed by atoms with van der Waals surface area (Å²) in [5.74, 6) is -0.446. The third-order valence-corrected chi connectivity index (χ3v) is 7.68. The minimum atomic E-state index is -4.21. The quantitative estimate of drug-likeness (QED) is 0.253. The molecule has 0 radical (unpaired) electrons. The third-order valence-electron chi connectivity index (χ3n) is 5.83. The summed E-state index contributed by atoms with van der Waals surface area (Å²) in [5.41, 5.74) is 0.519. The molecule has 0 saturated carbocycles. The maximum atomic E-state index is 13.2. The molecule has 0 spiro atoms. The van der Waals surface area contributed by atoms with Gasteiger partial charge in [0.05, 0.1) is 10.6 Å². The first-order valence-electron chi connectivity index (χ1n) is 12.0. The zero-order valence-corrected chi connectivity index (χ0v) is 23.3. The van der Waals surface area contributed by atoms with Crippen LogP contribution in [0, 0.1) is 17.0 Å². The molecule has 13 heteroatoms. The number of rotatable bonds is 11. The van der Waals surface area contributed by atoms with Crippen molar-refractivity contribution in [2.45, 2.75) is 51.5 Å². The van der Waals surface area contributed by atoms with Gasteiger partial charge in [-0.1, -0.05) is 31.5 Å². The molecule has 0 aliphatic rings. The maximum Gasteiger partial charge on any atom is 0.274 e. The van der Waals surface area contributed by atoms with Crippen LogP contribution in [0.1, 0.15) is 49.7 Å². The summed E-state index contributed by atoms with van der Waals surface area (Å²) in [6.07, 6.45) is 1.24. The summed E-state index contributed by atoms with van der Waals surface area (Å²) >= 11 is 6.19. The average molecular weight is 564 g/mol. The minimum absolute atomic E-state index is 0.0642. The first-order chi connectivity index (χ1) is 17.9. The summed E-state index contributed by atoms with van der Waals surface area (Å²) in [7, 11) is -2.55. The van der Waals surface area contributed by atoms with E-state index in [4.69, 9.17) is 16.3 Å². The van der Waals surface area contributed by atoms with Gasteiger partial charge in [-0.05, 0) is 51.0 Å². The number of nitro groups is 1. The lowest BCUT2D eigenvalue weighted by molar-refractivity contribution is -0.385. The Morgan fingerprint density at radius 1 is 1.26 bits per heavy atom. The Hall–Kier alpha value is -3.48. The van der Waals surface area contributed by atoms with Crippen molar-refractivity contribution in [2.24, 2.45) is 0 Å². The van der Waals surface area contributed by atoms with E-state index in [0.717, 1.165) is 18.6 Å². The first-order valence-corrected chi connectivity index (χ1v) is 13.8. The van der Waals surface area contributed by atoms with Gasteiger partial charge in [0.15, 0.2) is 5.69 Å². The van der Waals surface area contributed by atoms with Crippen molar-refractivity contribution in [1.29, 1.82) is 0 Å². The number of sulfonamides is 1. The monoisotopic (exact) mass is 563 g/mol. The van der Waals surface area contributed by atoms with E-state index in [1.165, 1.54) is 15.6 Å². The van der Waals surface area contributed by atoms with E-state index >= 15 is 0 Å². The van der Waals surface area contributed by atoms with Crippen LogP contribution < -0.4 is 9.46 Å². The van der Waals surface area contributed by atoms with Gasteiger partial charge in [-0.15, -0.1) is 0 Å². The number of ether oxygens (including phenoxy) is 1. The van der Waals surface area contributed by atoms with Crippen LogP contribution in [-0.4, -0.2) is 53.6 Å². The van der Waals surface area contributed by atoms with E-state index in [1.54, 1.807) is 52.1 Å². The van der Waals surface area contributed by atoms with Gasteiger partial charge in [0.25, 0.3) is 11.6 Å². The van der Waals surface area contributed by atoms with E-state index < -0.39 is 31.6 Å². The van der Waals surface area contributed by atoms with Gasteiger partial charge in [-0.3, -0.25) is 14.9 Å². The molecule has 204 valence electrons. The zero-order valence-electron chi connectivity index (χ0n) is 21.8. The highest BCUT2D eigenvalue weighted by Gasteiger charge is 2.29. The van der Waals surface area contributed by atoms with Crippen LogP contribution in [0.5, 0.6) is 11.6 Å². The Morgan fingerprint density at radius 2 is 1.97 bits per heavy atom. The fourth-order valence-electron chi connectivity index (χ4n) is 3.62. The lowest BCUT2D eigenvalue weighted by atomic mass is 10.2. The summed E-state index contributed by atoms with van der Waals surface area (Å²) in [6, 6.07) is 9.55. The fraction of sp³-hybridized carbons (Fsp3) is 0.360. The molecule has 3 aromatic rings. The molecular weight excluding hydrogens is 534 g/mol. The molecule has 0 unspecified atom stereocenters. The van der Waals surface area contributed by atoms with E-state index in [-0.39, 0.29) is 23.2 Å². The first kappa shape index (κ1) is 29.1. The number of non-ortho nitro benzene ring substituents is 1. The molecular formula is C25H30ClN5O6S. The number of carbonyl (C=O) groups is 1. The number of aromatic nitrogens is 2. The van der Waals surface area contributed by atoms with Gasteiger partial charge >= 0.3 is 0 Å². The van der Waals surface area contributed by atoms with Gasteiger partial charge in [-0.2, -0.15) is 9.78 Å². The van der Waals surface area contributed by atoms with Crippen LogP contribution in [-0.2, 0) is 10.0 Å². The van der Waals surface area contributed by atoms with Crippen LogP contribution in [0.4, 0.5) is 5.69 Å². The number of nitro benzene ring substituents is 1. The molecule has 0 aliphatic heterocycles. The van der Waals surface area contributed by atoms with Crippen molar-refractivity contribution in [3.63, 3.8) is 0 Å². The molecule has 1 atom stereocenters. The topological polar surface area (TPSA) is 137 Å². The number of hydrogen-bond acceptors (Lipinski definition) is 7. The number of carbonyl (C=O) groups excluding carboxylic acids is 1. The molecule has 1 heterocycles. The molecule has 2 aromatic carbocycles. The number of nitrogens with zero attached hydrogens (tertiary/aromatic N) is 4. The summed E-state index contributed by atoms with van der Waals surface area (Å²) < 4.78 is 36.4. The molecule has 0 aliphatic carbocycles. The van der Waals surface area contributed by atoms with Crippen LogP contribution in [0.25, 0.3) is 5.69 Å². The molecule has 3 rings (SSSR count). The molecule has 11 nitrogen and oxygen atoms in total. The molecule has 1 aromatic heterocycles. The Bertz CT molecular complexity index is 1460. The maximum absolute atomic E-state index is 13.2. The highest BCUT2D eigenvalue weighted by atomic mass is 35.5. The number of amides is 1. The van der Waals surface area contributed by atoms with Crippen LogP contribution in [0.3, 0.4) is 0 Å². The van der Waals surface area contributed by atoms with Gasteiger partial charge < -0.3 is 9.64 Å². The second-order valence-electron chi connectivity index (χ2n) is 8.82. The van der Waals surface area contributed by atoms with E-state index in [0.29, 0.717) is 29.2 Å². The molecule has 0 fully saturated rings. The van der Waals surface area contributed by atoms with Crippen molar-refractivity contribution in [3.8, 4) is 17.3 Å². The van der Waals surface area contributed by atoms with E-state index in [1.807, 2.05) is 6.92 Å². The highest BCUT2D eigenvalue weighted by Crippen LogP contribution is 2.36. The molecule has 1 amide bonds. The van der Waals surface area contributed by atoms with Gasteiger partial charge in [0.1, 0.15) is 10.6 Å². The summed E-state index contributed by atoms with van der Waals surface area (Å²) in [6.45, 7) is 7.56. The smallest absolute Gasteiger partial charge is 0.274 e. The van der Waals surface area contributed by atoms with Crippen LogP contribution in [0.15, 0.2) is 47.4 Å². The van der Waals surface area contributed by atoms with Crippen molar-refractivity contribution in [2.75, 3.05) is 13.6 Å². The largest absolute Gasteiger partial charge is 0.437 e. The third kappa shape index (κ3) is 6.32. The molecule has 0 saturated heterocycles. The van der Waals surface area contributed by atoms with Gasteiger partial charge in [0, 0.05) is 42.4 Å². The predicted octanol–water partition coefficient (Wildman–Crippen LogP) is 5.09. The van der Waals surface area contributed by atoms with Crippen LogP contribution in [0.2, 0.25) is 5.02 Å². The van der Waals surface area contributed by atoms with Crippen LogP contribution >= 0.6 is 11.6 Å². The number of benzene rings is 2. The summed E-state index contributed by atoms with van der Waals surface area (Å²) in [5, 5.41) is 16.3. The van der Waals surface area contributed by atoms with Crippen molar-refractivity contribution < 1.29 is 22.9 Å². The predicted molar refractivity (Wildman–Crippen MR) is 144 cm³/mol. The number of halogens is 1. The lowest BCUT2D eigenvalue weighted by Gasteiger charge is -2.16. The lowest BCUT2D eigenvalue weighted by Crippen LogP contribution is -2.32. The Labute approximate surface area is 226 Å². The number of nitrogens with one attached hydrogen (secondary N) is 1. The SMILES string of the molecule is CCCN(C)C(=O)c1nn(-c2cccc(Cl)c2)c(Oc2ccc([N+](=O)[O-])cc2S(=O)(=O)N[C@H](C)CC)c1C.